The van der Waals surface area contributed by atoms with Crippen LogP contribution in [0.1, 0.15) is 35.9 Å². The van der Waals surface area contributed by atoms with Crippen molar-refractivity contribution >= 4 is 11.6 Å². The van der Waals surface area contributed by atoms with Crippen LogP contribution in [0.15, 0.2) is 48.4 Å². The van der Waals surface area contributed by atoms with Gasteiger partial charge in [-0.1, -0.05) is 47.9 Å². The summed E-state index contributed by atoms with van der Waals surface area (Å²) in [7, 11) is 0. The fraction of sp³-hybridized carbons (Fsp3) is 0.200. The molecular weight excluding hydrogens is 216 g/mol. The molecule has 3 rings (SSSR count). The molecule has 0 aliphatic heterocycles. The van der Waals surface area contributed by atoms with E-state index in [0.29, 0.717) is 10.6 Å². The van der Waals surface area contributed by atoms with E-state index in [1.54, 1.807) is 6.07 Å². The third-order valence-corrected chi connectivity index (χ3v) is 3.29. The lowest BCUT2D eigenvalue weighted by molar-refractivity contribution is 0.788. The lowest BCUT2D eigenvalue weighted by atomic mass is 9.93. The predicted molar refractivity (Wildman–Crippen MR) is 68.1 cm³/mol. The Morgan fingerprint density at radius 1 is 1.19 bits per heavy atom. The van der Waals surface area contributed by atoms with Crippen LogP contribution in [-0.2, 0) is 6.42 Å². The number of aryl methyl sites for hydroxylation is 1. The number of benzene rings is 2. The number of halogens is 1. The molecule has 0 N–H and O–H groups in total. The van der Waals surface area contributed by atoms with Gasteiger partial charge < -0.3 is 0 Å². The largest absolute Gasteiger partial charge is 0.0843 e. The van der Waals surface area contributed by atoms with Crippen molar-refractivity contribution in [1.29, 1.82) is 0 Å². The molecule has 0 fully saturated rings. The van der Waals surface area contributed by atoms with Crippen molar-refractivity contribution in [2.75, 3.05) is 0 Å². The van der Waals surface area contributed by atoms with Crippen LogP contribution in [0.2, 0.25) is 5.02 Å². The quantitative estimate of drug-likeness (QED) is 0.684. The van der Waals surface area contributed by atoms with Crippen LogP contribution >= 0.6 is 11.6 Å². The van der Waals surface area contributed by atoms with E-state index in [0.717, 1.165) is 24.0 Å². The predicted octanol–water partition coefficient (Wildman–Crippen LogP) is 4.42. The van der Waals surface area contributed by atoms with Crippen LogP contribution < -0.4 is 0 Å². The summed E-state index contributed by atoms with van der Waals surface area (Å²) in [4.78, 5) is 0. The van der Waals surface area contributed by atoms with Gasteiger partial charge in [0.25, 0.3) is 0 Å². The highest BCUT2D eigenvalue weighted by Crippen LogP contribution is 2.38. The van der Waals surface area contributed by atoms with Gasteiger partial charge in [0, 0.05) is 10.9 Å². The van der Waals surface area contributed by atoms with Crippen LogP contribution in [0.5, 0.6) is 0 Å². The standard InChI is InChI=1S/C15H13Cl/c16-13-7-9-15-12(10-13)6-8-14(15)11-4-2-1-3-5-11/h1-5,7,9-10,14H,6,8H2/t14-/m0/s1/i1D,2D,3D,4D,5D. The Balaban J connectivity index is 2.21. The SMILES string of the molecule is [2H]c1c([2H])c([2H])c([C@@H]2CCc3cc(Cl)ccc32)c([2H])c1[2H]. The van der Waals surface area contributed by atoms with Crippen LogP contribution in [0.3, 0.4) is 0 Å². The molecule has 1 aliphatic carbocycles. The van der Waals surface area contributed by atoms with E-state index in [9.17, 15) is 0 Å². The maximum Gasteiger partial charge on any atom is 0.0626 e. The number of hydrogen-bond donors (Lipinski definition) is 0. The number of fused-ring (bicyclic) bond motifs is 1. The van der Waals surface area contributed by atoms with Gasteiger partial charge in [-0.25, -0.2) is 0 Å². The molecule has 0 nitrogen and oxygen atoms in total. The molecule has 0 unspecified atom stereocenters. The van der Waals surface area contributed by atoms with Gasteiger partial charge in [-0.3, -0.25) is 0 Å². The maximum absolute atomic E-state index is 8.09. The molecule has 0 aromatic heterocycles. The van der Waals surface area contributed by atoms with Crippen LogP contribution in [0.4, 0.5) is 0 Å². The summed E-state index contributed by atoms with van der Waals surface area (Å²) in [6, 6.07) is 4.49. The Morgan fingerprint density at radius 2 is 2.00 bits per heavy atom. The van der Waals surface area contributed by atoms with Crippen molar-refractivity contribution in [2.45, 2.75) is 18.8 Å². The normalized spacial score (nSPS) is 22.8. The lowest BCUT2D eigenvalue weighted by Gasteiger charge is -2.11. The van der Waals surface area contributed by atoms with E-state index in [-0.39, 0.29) is 36.1 Å². The Morgan fingerprint density at radius 3 is 2.81 bits per heavy atom. The first-order chi connectivity index (χ1) is 9.91. The fourth-order valence-corrected chi connectivity index (χ4v) is 2.51. The van der Waals surface area contributed by atoms with E-state index in [1.807, 2.05) is 12.1 Å². The summed E-state index contributed by atoms with van der Waals surface area (Å²) in [5, 5.41) is 0.662. The topological polar surface area (TPSA) is 0 Å². The monoisotopic (exact) mass is 233 g/mol. The minimum atomic E-state index is -0.344. The molecule has 1 atom stereocenters. The summed E-state index contributed by atoms with van der Waals surface area (Å²) in [5.41, 5.74) is 2.50. The minimum Gasteiger partial charge on any atom is -0.0843 e. The Labute approximate surface area is 108 Å². The van der Waals surface area contributed by atoms with Gasteiger partial charge >= 0.3 is 0 Å². The zero-order chi connectivity index (χ0) is 15.3. The number of rotatable bonds is 1. The lowest BCUT2D eigenvalue weighted by Crippen LogP contribution is -1.95. The Bertz CT molecular complexity index is 712. The molecule has 0 amide bonds. The summed E-state index contributed by atoms with van der Waals surface area (Å²) in [6.07, 6.45) is 1.55. The summed E-state index contributed by atoms with van der Waals surface area (Å²) in [6.45, 7) is 0. The van der Waals surface area contributed by atoms with Crippen molar-refractivity contribution in [3.63, 3.8) is 0 Å². The van der Waals surface area contributed by atoms with Crippen molar-refractivity contribution in [1.82, 2.24) is 0 Å². The zero-order valence-corrected chi connectivity index (χ0v) is 9.36. The second kappa shape index (κ2) is 3.95. The van der Waals surface area contributed by atoms with Gasteiger partial charge in [0.1, 0.15) is 0 Å². The number of hydrogen-bond acceptors (Lipinski definition) is 0. The van der Waals surface area contributed by atoms with Gasteiger partial charge in [-0.05, 0) is 41.7 Å². The van der Waals surface area contributed by atoms with Crippen LogP contribution in [0, 0.1) is 0 Å². The molecular formula is C15H13Cl. The average molecular weight is 234 g/mol. The summed E-state index contributed by atoms with van der Waals surface area (Å²) < 4.78 is 39.4. The second-order valence-corrected chi connectivity index (χ2v) is 4.41. The van der Waals surface area contributed by atoms with Gasteiger partial charge in [0.05, 0.1) is 6.85 Å². The Hall–Kier alpha value is -1.27. The molecule has 1 heteroatoms. The summed E-state index contributed by atoms with van der Waals surface area (Å²) in [5.74, 6) is -0.161. The molecule has 0 saturated carbocycles. The highest BCUT2D eigenvalue weighted by molar-refractivity contribution is 6.30. The van der Waals surface area contributed by atoms with Crippen molar-refractivity contribution in [3.05, 3.63) is 70.1 Å². The van der Waals surface area contributed by atoms with Gasteiger partial charge in [0.2, 0.25) is 0 Å². The van der Waals surface area contributed by atoms with Crippen molar-refractivity contribution in [2.24, 2.45) is 0 Å². The fourth-order valence-electron chi connectivity index (χ4n) is 2.32. The average Bonchev–Trinajstić information content (AvgIpc) is 2.86. The Kier molecular flexibility index (Phi) is 1.45. The van der Waals surface area contributed by atoms with Crippen LogP contribution in [-0.4, -0.2) is 0 Å². The molecule has 0 saturated heterocycles. The third kappa shape index (κ3) is 1.64. The van der Waals surface area contributed by atoms with Gasteiger partial charge in [-0.2, -0.15) is 0 Å². The van der Waals surface area contributed by atoms with Crippen molar-refractivity contribution < 1.29 is 6.85 Å². The third-order valence-electron chi connectivity index (χ3n) is 3.05. The minimum absolute atomic E-state index is 0.103. The zero-order valence-electron chi connectivity index (χ0n) is 13.6. The highest BCUT2D eigenvalue weighted by Gasteiger charge is 2.23. The molecule has 80 valence electrons. The molecule has 1 aliphatic rings. The highest BCUT2D eigenvalue weighted by atomic mass is 35.5. The first kappa shape index (κ1) is 5.88. The van der Waals surface area contributed by atoms with Crippen LogP contribution in [0.25, 0.3) is 0 Å². The molecule has 0 radical (unpaired) electrons. The van der Waals surface area contributed by atoms with Gasteiger partial charge in [-0.15, -0.1) is 0 Å². The second-order valence-electron chi connectivity index (χ2n) is 3.97. The molecule has 0 spiro atoms. The van der Waals surface area contributed by atoms with E-state index in [1.165, 1.54) is 0 Å². The van der Waals surface area contributed by atoms with E-state index in [4.69, 9.17) is 18.5 Å². The first-order valence-corrected chi connectivity index (χ1v) is 5.64. The smallest absolute Gasteiger partial charge is 0.0626 e. The molecule has 0 bridgehead atoms. The van der Waals surface area contributed by atoms with E-state index in [2.05, 4.69) is 0 Å². The molecule has 2 aromatic carbocycles. The maximum atomic E-state index is 8.09. The molecule has 0 heterocycles. The van der Waals surface area contributed by atoms with Crippen molar-refractivity contribution in [3.8, 4) is 0 Å². The molecule has 16 heavy (non-hydrogen) atoms. The van der Waals surface area contributed by atoms with E-state index >= 15 is 0 Å². The van der Waals surface area contributed by atoms with Gasteiger partial charge in [0.15, 0.2) is 0 Å². The molecule has 2 aromatic rings. The van der Waals surface area contributed by atoms with E-state index < -0.39 is 0 Å². The summed E-state index contributed by atoms with van der Waals surface area (Å²) >= 11 is 5.99. The first-order valence-electron chi connectivity index (χ1n) is 7.77.